The summed E-state index contributed by atoms with van der Waals surface area (Å²) in [5, 5.41) is 0. The molecule has 0 bridgehead atoms. The van der Waals surface area contributed by atoms with Gasteiger partial charge in [-0.05, 0) is 57.7 Å². The highest BCUT2D eigenvalue weighted by molar-refractivity contribution is 7.16. The smallest absolute Gasteiger partial charge is 0.444 e. The first-order chi connectivity index (χ1) is 15.5. The molecule has 1 aliphatic heterocycles. The Labute approximate surface area is 194 Å². The highest BCUT2D eigenvalue weighted by atomic mass is 32.1. The molecular formula is C21H23F6N3O3S. The number of carbonyl (C=O) groups excluding carboxylic acids is 2. The fourth-order valence-corrected chi connectivity index (χ4v) is 4.62. The van der Waals surface area contributed by atoms with Gasteiger partial charge in [0.2, 0.25) is 0 Å². The molecule has 1 saturated heterocycles. The minimum atomic E-state index is -5.20. The maximum atomic E-state index is 13.1. The van der Waals surface area contributed by atoms with Gasteiger partial charge < -0.3 is 14.2 Å². The lowest BCUT2D eigenvalue weighted by Gasteiger charge is -2.33. The highest BCUT2D eigenvalue weighted by Crippen LogP contribution is 2.33. The first-order valence-corrected chi connectivity index (χ1v) is 11.2. The average Bonchev–Trinajstić information content (AvgIpc) is 3.02. The summed E-state index contributed by atoms with van der Waals surface area (Å²) >= 11 is 0.590. The van der Waals surface area contributed by atoms with Gasteiger partial charge in [-0.2, -0.15) is 31.3 Å². The predicted molar refractivity (Wildman–Crippen MR) is 112 cm³/mol. The Hall–Kier alpha value is -2.57. The summed E-state index contributed by atoms with van der Waals surface area (Å²) < 4.78 is 84.4. The molecule has 0 radical (unpaired) electrons. The number of ether oxygens (including phenoxy) is 1. The molecule has 3 rings (SSSR count). The van der Waals surface area contributed by atoms with Gasteiger partial charge in [0.25, 0.3) is 0 Å². The minimum Gasteiger partial charge on any atom is -0.444 e. The van der Waals surface area contributed by atoms with Gasteiger partial charge in [-0.3, -0.25) is 4.79 Å². The van der Waals surface area contributed by atoms with Crippen LogP contribution in [-0.2, 0) is 22.3 Å². The van der Waals surface area contributed by atoms with E-state index in [1.165, 1.54) is 15.5 Å². The second kappa shape index (κ2) is 9.23. The third-order valence-corrected chi connectivity index (χ3v) is 6.20. The van der Waals surface area contributed by atoms with Crippen LogP contribution in [0.5, 0.6) is 0 Å². The summed E-state index contributed by atoms with van der Waals surface area (Å²) in [5.41, 5.74) is -1.36. The van der Waals surface area contributed by atoms with Crippen molar-refractivity contribution in [3.8, 4) is 0 Å². The zero-order chi connectivity index (χ0) is 25.5. The molecule has 0 spiro atoms. The molecule has 1 aromatic heterocycles. The molecule has 2 heterocycles. The number of rotatable bonds is 2. The van der Waals surface area contributed by atoms with E-state index in [2.05, 4.69) is 4.99 Å². The van der Waals surface area contributed by atoms with Gasteiger partial charge in [-0.1, -0.05) is 11.3 Å². The standard InChI is InChI=1S/C21H23F6N3O3S/c1-19(2,3)33-18(32)29-8-6-12(7-9-29)11-30-14-5-4-13(20(22,23)24)10-15(14)34-17(30)28-16(31)21(25,26)27/h4-5,10,12H,6-9,11H2,1-3H3. The largest absolute Gasteiger partial charge is 0.473 e. The number of aromatic nitrogens is 1. The Morgan fingerprint density at radius 1 is 1.09 bits per heavy atom. The molecule has 34 heavy (non-hydrogen) atoms. The van der Waals surface area contributed by atoms with Crippen molar-refractivity contribution in [2.24, 2.45) is 10.9 Å². The number of piperidine rings is 1. The zero-order valence-corrected chi connectivity index (χ0v) is 19.4. The lowest BCUT2D eigenvalue weighted by atomic mass is 9.97. The number of benzene rings is 1. The molecule has 0 atom stereocenters. The van der Waals surface area contributed by atoms with Crippen LogP contribution in [-0.4, -0.2) is 46.3 Å². The van der Waals surface area contributed by atoms with Crippen molar-refractivity contribution in [3.05, 3.63) is 28.6 Å². The number of alkyl halides is 6. The van der Waals surface area contributed by atoms with E-state index in [9.17, 15) is 35.9 Å². The van der Waals surface area contributed by atoms with E-state index in [0.29, 0.717) is 37.3 Å². The first-order valence-electron chi connectivity index (χ1n) is 10.4. The maximum Gasteiger partial charge on any atom is 0.473 e. The van der Waals surface area contributed by atoms with E-state index in [-0.39, 0.29) is 27.5 Å². The van der Waals surface area contributed by atoms with Crippen LogP contribution in [0, 0.1) is 5.92 Å². The Bertz CT molecular complexity index is 1140. The van der Waals surface area contributed by atoms with E-state index in [0.717, 1.165) is 12.1 Å². The fourth-order valence-electron chi connectivity index (χ4n) is 3.54. The summed E-state index contributed by atoms with van der Waals surface area (Å²) in [4.78, 5) is 28.1. The molecule has 1 fully saturated rings. The molecule has 0 unspecified atom stereocenters. The molecule has 0 N–H and O–H groups in total. The molecular weight excluding hydrogens is 488 g/mol. The molecule has 1 aromatic carbocycles. The summed E-state index contributed by atoms with van der Waals surface area (Å²) in [6.07, 6.45) is -9.31. The quantitative estimate of drug-likeness (QED) is 0.510. The number of fused-ring (bicyclic) bond motifs is 1. The van der Waals surface area contributed by atoms with Crippen LogP contribution in [0.25, 0.3) is 10.2 Å². The number of nitrogens with zero attached hydrogens (tertiary/aromatic N) is 3. The maximum absolute atomic E-state index is 13.1. The fraction of sp³-hybridized carbons (Fsp3) is 0.571. The Morgan fingerprint density at radius 3 is 2.24 bits per heavy atom. The van der Waals surface area contributed by atoms with E-state index >= 15 is 0 Å². The number of carbonyl (C=O) groups is 2. The van der Waals surface area contributed by atoms with Crippen LogP contribution >= 0.6 is 11.3 Å². The lowest BCUT2D eigenvalue weighted by molar-refractivity contribution is -0.169. The van der Waals surface area contributed by atoms with Gasteiger partial charge >= 0.3 is 24.4 Å². The van der Waals surface area contributed by atoms with Crippen LogP contribution in [0.1, 0.15) is 39.2 Å². The number of thiazole rings is 1. The monoisotopic (exact) mass is 511 g/mol. The molecule has 6 nitrogen and oxygen atoms in total. The zero-order valence-electron chi connectivity index (χ0n) is 18.6. The number of hydrogen-bond donors (Lipinski definition) is 0. The predicted octanol–water partition coefficient (Wildman–Crippen LogP) is 5.36. The lowest BCUT2D eigenvalue weighted by Crippen LogP contribution is -2.42. The molecule has 1 aliphatic rings. The Morgan fingerprint density at radius 2 is 1.71 bits per heavy atom. The number of hydrogen-bond acceptors (Lipinski definition) is 4. The number of amides is 2. The summed E-state index contributed by atoms with van der Waals surface area (Å²) in [7, 11) is 0. The Balaban J connectivity index is 1.89. The van der Waals surface area contributed by atoms with Crippen molar-refractivity contribution in [2.45, 2.75) is 58.1 Å². The molecule has 13 heteroatoms. The summed E-state index contributed by atoms with van der Waals surface area (Å²) in [5.74, 6) is -2.43. The van der Waals surface area contributed by atoms with Crippen LogP contribution in [0.15, 0.2) is 23.2 Å². The molecule has 0 saturated carbocycles. The van der Waals surface area contributed by atoms with Gasteiger partial charge in [-0.25, -0.2) is 4.79 Å². The normalized spacial score (nSPS) is 16.9. The third kappa shape index (κ3) is 6.30. The second-order valence-electron chi connectivity index (χ2n) is 9.00. The summed E-state index contributed by atoms with van der Waals surface area (Å²) in [6.45, 7) is 6.08. The molecule has 188 valence electrons. The van der Waals surface area contributed by atoms with Crippen LogP contribution < -0.4 is 4.80 Å². The first kappa shape index (κ1) is 26.0. The number of likely N-dealkylation sites (tertiary alicyclic amines) is 1. The van der Waals surface area contributed by atoms with Gasteiger partial charge in [0.1, 0.15) is 5.60 Å². The van der Waals surface area contributed by atoms with Crippen molar-refractivity contribution < 1.29 is 40.7 Å². The van der Waals surface area contributed by atoms with E-state index in [4.69, 9.17) is 4.74 Å². The highest BCUT2D eigenvalue weighted by Gasteiger charge is 2.39. The van der Waals surface area contributed by atoms with Crippen molar-refractivity contribution in [1.82, 2.24) is 9.47 Å². The molecule has 0 aliphatic carbocycles. The van der Waals surface area contributed by atoms with Crippen LogP contribution in [0.3, 0.4) is 0 Å². The van der Waals surface area contributed by atoms with Gasteiger partial charge in [-0.15, -0.1) is 0 Å². The van der Waals surface area contributed by atoms with Crippen molar-refractivity contribution in [2.75, 3.05) is 13.1 Å². The third-order valence-electron chi connectivity index (χ3n) is 5.16. The number of halogens is 6. The van der Waals surface area contributed by atoms with Crippen molar-refractivity contribution in [1.29, 1.82) is 0 Å². The van der Waals surface area contributed by atoms with E-state index in [1.54, 1.807) is 20.8 Å². The van der Waals surface area contributed by atoms with Gasteiger partial charge in [0.15, 0.2) is 4.80 Å². The van der Waals surface area contributed by atoms with Crippen molar-refractivity contribution in [3.63, 3.8) is 0 Å². The van der Waals surface area contributed by atoms with Crippen LogP contribution in [0.4, 0.5) is 31.1 Å². The topological polar surface area (TPSA) is 63.9 Å². The molecule has 2 aromatic rings. The molecule has 2 amide bonds. The van der Waals surface area contributed by atoms with E-state index < -0.39 is 35.5 Å². The summed E-state index contributed by atoms with van der Waals surface area (Å²) in [6, 6.07) is 2.84. The average molecular weight is 511 g/mol. The Kier molecular flexibility index (Phi) is 7.07. The SMILES string of the molecule is CC(C)(C)OC(=O)N1CCC(Cn2c(=NC(=O)C(F)(F)F)sc3cc(C(F)(F)F)ccc32)CC1. The second-order valence-corrected chi connectivity index (χ2v) is 10.0. The van der Waals surface area contributed by atoms with E-state index in [1.807, 2.05) is 0 Å². The van der Waals surface area contributed by atoms with Crippen molar-refractivity contribution >= 4 is 33.6 Å². The minimum absolute atomic E-state index is 0.0646. The van der Waals surface area contributed by atoms with Crippen LogP contribution in [0.2, 0.25) is 0 Å². The van der Waals surface area contributed by atoms with Gasteiger partial charge in [0.05, 0.1) is 15.8 Å². The van der Waals surface area contributed by atoms with Gasteiger partial charge in [0, 0.05) is 19.6 Å².